The summed E-state index contributed by atoms with van der Waals surface area (Å²) < 4.78 is 8.67. The highest BCUT2D eigenvalue weighted by molar-refractivity contribution is 6.11. The number of fused-ring (bicyclic) bond motifs is 6. The number of anilines is 3. The van der Waals surface area contributed by atoms with Crippen molar-refractivity contribution < 1.29 is 4.74 Å². The Morgan fingerprint density at radius 3 is 1.48 bits per heavy atom. The Balaban J connectivity index is 0.798. The molecular weight excluding hydrogens is 969 g/mol. The summed E-state index contributed by atoms with van der Waals surface area (Å²) in [5, 5.41) is 2.45. The Kier molecular flexibility index (Phi) is 13.7. The van der Waals surface area contributed by atoms with E-state index >= 15 is 0 Å². The molecule has 80 heavy (non-hydrogen) atoms. The standard InChI is InChI=1S/C77H62N2O/c1-3-55-28-32-57(33-29-55)58-38-45-68(46-39-58)80-51-19-6-5-18-50-77(63-20-10-7-11-21-63)73-27-17-16-26-69(73)70-47-44-67(54-74(70)77)78(64-22-12-8-13-23-64)66-42-36-60(37-43-66)62-41-49-76-72(53-62)71-52-61(59-34-30-56(4-2)31-35-59)40-48-75(71)79(76)65-24-14-9-15-25-65/h3-4,7-17,20-49,52-54H,1-2,5-6,18-19,50-51H2. The highest BCUT2D eigenvalue weighted by Gasteiger charge is 2.44. The van der Waals surface area contributed by atoms with Crippen LogP contribution in [0.5, 0.6) is 5.75 Å². The van der Waals surface area contributed by atoms with Crippen molar-refractivity contribution in [2.45, 2.75) is 37.5 Å². The van der Waals surface area contributed by atoms with Crippen LogP contribution in [-0.4, -0.2) is 11.2 Å². The van der Waals surface area contributed by atoms with Gasteiger partial charge in [0.15, 0.2) is 0 Å². The highest BCUT2D eigenvalue weighted by Crippen LogP contribution is 2.56. The molecule has 1 aliphatic carbocycles. The normalized spacial score (nSPS) is 13.4. The Hall–Kier alpha value is -9.70. The molecule has 1 unspecified atom stereocenters. The van der Waals surface area contributed by atoms with Crippen LogP contribution in [-0.2, 0) is 5.41 Å². The summed E-state index contributed by atoms with van der Waals surface area (Å²) in [5.41, 5.74) is 22.6. The summed E-state index contributed by atoms with van der Waals surface area (Å²) in [6.45, 7) is 8.55. The van der Waals surface area contributed by atoms with Crippen LogP contribution < -0.4 is 9.64 Å². The zero-order valence-corrected chi connectivity index (χ0v) is 45.0. The number of hydrogen-bond donors (Lipinski definition) is 0. The molecule has 0 saturated heterocycles. The number of nitrogens with zero attached hydrogens (tertiary/aromatic N) is 2. The third-order valence-corrected chi connectivity index (χ3v) is 16.4. The van der Waals surface area contributed by atoms with E-state index < -0.39 is 0 Å². The fourth-order valence-corrected chi connectivity index (χ4v) is 12.4. The maximum absolute atomic E-state index is 6.28. The van der Waals surface area contributed by atoms with E-state index in [1.54, 1.807) is 0 Å². The van der Waals surface area contributed by atoms with Gasteiger partial charge in [-0.1, -0.05) is 227 Å². The monoisotopic (exact) mass is 1030 g/mol. The average Bonchev–Trinajstić information content (AvgIpc) is 3.85. The molecule has 1 heterocycles. The number of benzene rings is 11. The summed E-state index contributed by atoms with van der Waals surface area (Å²) in [5.74, 6) is 0.915. The van der Waals surface area contributed by atoms with Gasteiger partial charge in [0, 0.05) is 38.9 Å². The second-order valence-electron chi connectivity index (χ2n) is 21.1. The molecule has 3 heteroatoms. The molecule has 0 bridgehead atoms. The van der Waals surface area contributed by atoms with Gasteiger partial charge in [0.05, 0.1) is 17.6 Å². The molecule has 0 N–H and O–H groups in total. The number of rotatable bonds is 18. The lowest BCUT2D eigenvalue weighted by Gasteiger charge is -2.34. The number of ether oxygens (including phenoxy) is 1. The van der Waals surface area contributed by atoms with Gasteiger partial charge < -0.3 is 14.2 Å². The van der Waals surface area contributed by atoms with Crippen molar-refractivity contribution >= 4 is 51.0 Å². The molecule has 13 rings (SSSR count). The topological polar surface area (TPSA) is 17.4 Å². The van der Waals surface area contributed by atoms with Gasteiger partial charge in [-0.15, -0.1) is 0 Å². The summed E-state index contributed by atoms with van der Waals surface area (Å²) in [7, 11) is 0. The molecule has 1 aliphatic rings. The first kappa shape index (κ1) is 49.8. The van der Waals surface area contributed by atoms with Crippen LogP contribution in [0.2, 0.25) is 0 Å². The van der Waals surface area contributed by atoms with Gasteiger partial charge in [-0.25, -0.2) is 0 Å². The van der Waals surface area contributed by atoms with Crippen LogP contribution in [0, 0.1) is 0 Å². The van der Waals surface area contributed by atoms with Crippen molar-refractivity contribution in [3.8, 4) is 55.9 Å². The number of unbranched alkanes of at least 4 members (excludes halogenated alkanes) is 3. The summed E-state index contributed by atoms with van der Waals surface area (Å²) in [6.07, 6.45) is 9.07. The first-order chi connectivity index (χ1) is 39.6. The van der Waals surface area contributed by atoms with Gasteiger partial charge in [-0.3, -0.25) is 0 Å². The third-order valence-electron chi connectivity index (χ3n) is 16.4. The van der Waals surface area contributed by atoms with Gasteiger partial charge in [0.25, 0.3) is 0 Å². The molecular formula is C77H62N2O. The van der Waals surface area contributed by atoms with Crippen LogP contribution in [0.4, 0.5) is 17.1 Å². The van der Waals surface area contributed by atoms with Gasteiger partial charge in [0.2, 0.25) is 0 Å². The van der Waals surface area contributed by atoms with Gasteiger partial charge in [-0.05, 0) is 170 Å². The molecule has 0 aliphatic heterocycles. The molecule has 1 atom stereocenters. The SMILES string of the molecule is C=Cc1ccc(-c2ccc(OCCCCCCC3(c4ccccc4)c4ccccc4-c4ccc(N(c5ccccc5)c5ccc(-c6ccc7c(c6)c6cc(-c8ccc(C=C)cc8)ccc6n7-c6ccccc6)cc5)cc43)cc2)cc1. The predicted molar refractivity (Wildman–Crippen MR) is 339 cm³/mol. The maximum Gasteiger partial charge on any atom is 0.119 e. The van der Waals surface area contributed by atoms with Gasteiger partial charge >= 0.3 is 0 Å². The molecule has 0 saturated carbocycles. The molecule has 0 amide bonds. The number of hydrogen-bond acceptors (Lipinski definition) is 2. The molecule has 0 radical (unpaired) electrons. The van der Waals surface area contributed by atoms with Crippen LogP contribution in [0.3, 0.4) is 0 Å². The van der Waals surface area contributed by atoms with Crippen LogP contribution >= 0.6 is 0 Å². The third kappa shape index (κ3) is 9.41. The Labute approximate surface area is 470 Å². The van der Waals surface area contributed by atoms with E-state index in [1.807, 2.05) is 12.2 Å². The minimum atomic E-state index is -0.321. The Morgan fingerprint density at radius 1 is 0.388 bits per heavy atom. The zero-order valence-electron chi connectivity index (χ0n) is 45.0. The van der Waals surface area contributed by atoms with Crippen molar-refractivity contribution in [2.24, 2.45) is 0 Å². The molecule has 12 aromatic rings. The van der Waals surface area contributed by atoms with Crippen LogP contribution in [0.1, 0.15) is 59.9 Å². The van der Waals surface area contributed by atoms with Crippen LogP contribution in [0.15, 0.2) is 280 Å². The maximum atomic E-state index is 6.28. The fraction of sp³-hybridized carbons (Fsp3) is 0.0909. The summed E-state index contributed by atoms with van der Waals surface area (Å²) in [4.78, 5) is 2.43. The van der Waals surface area contributed by atoms with E-state index in [2.05, 4.69) is 290 Å². The Morgan fingerprint density at radius 2 is 0.863 bits per heavy atom. The molecule has 3 nitrogen and oxygen atoms in total. The van der Waals surface area contributed by atoms with Crippen molar-refractivity contribution in [1.29, 1.82) is 0 Å². The Bertz CT molecular complexity index is 4140. The van der Waals surface area contributed by atoms with E-state index in [9.17, 15) is 0 Å². The predicted octanol–water partition coefficient (Wildman–Crippen LogP) is 20.9. The number of aromatic nitrogens is 1. The summed E-state index contributed by atoms with van der Waals surface area (Å²) in [6, 6.07) is 97.7. The fourth-order valence-electron chi connectivity index (χ4n) is 12.4. The van der Waals surface area contributed by atoms with Gasteiger partial charge in [0.1, 0.15) is 5.75 Å². The average molecular weight is 1030 g/mol. The molecule has 11 aromatic carbocycles. The lowest BCUT2D eigenvalue weighted by atomic mass is 9.69. The first-order valence-corrected chi connectivity index (χ1v) is 28.1. The minimum absolute atomic E-state index is 0.321. The lowest BCUT2D eigenvalue weighted by Crippen LogP contribution is -2.27. The van der Waals surface area contributed by atoms with Crippen molar-refractivity contribution in [2.75, 3.05) is 11.5 Å². The van der Waals surface area contributed by atoms with Crippen molar-refractivity contribution in [3.05, 3.63) is 308 Å². The molecule has 386 valence electrons. The van der Waals surface area contributed by atoms with Crippen molar-refractivity contribution in [1.82, 2.24) is 4.57 Å². The lowest BCUT2D eigenvalue weighted by molar-refractivity contribution is 0.304. The smallest absolute Gasteiger partial charge is 0.119 e. The van der Waals surface area contributed by atoms with Gasteiger partial charge in [-0.2, -0.15) is 0 Å². The molecule has 1 aromatic heterocycles. The number of para-hydroxylation sites is 2. The first-order valence-electron chi connectivity index (χ1n) is 28.1. The van der Waals surface area contributed by atoms with Crippen molar-refractivity contribution in [3.63, 3.8) is 0 Å². The largest absolute Gasteiger partial charge is 0.494 e. The second kappa shape index (κ2) is 22.0. The van der Waals surface area contributed by atoms with E-state index in [0.717, 1.165) is 71.7 Å². The minimum Gasteiger partial charge on any atom is -0.494 e. The molecule has 0 spiro atoms. The van der Waals surface area contributed by atoms with Crippen LogP contribution in [0.25, 0.3) is 84.2 Å². The van der Waals surface area contributed by atoms with E-state index in [-0.39, 0.29) is 5.41 Å². The molecule has 0 fully saturated rings. The second-order valence-corrected chi connectivity index (χ2v) is 21.1. The highest BCUT2D eigenvalue weighted by atomic mass is 16.5. The van der Waals surface area contributed by atoms with E-state index in [4.69, 9.17) is 4.74 Å². The zero-order chi connectivity index (χ0) is 53.8. The summed E-state index contributed by atoms with van der Waals surface area (Å²) >= 11 is 0. The quantitative estimate of drug-likeness (QED) is 0.0797. The van der Waals surface area contributed by atoms with E-state index in [1.165, 1.54) is 83.0 Å². The van der Waals surface area contributed by atoms with E-state index in [0.29, 0.717) is 6.61 Å².